The number of fused-ring (bicyclic) bond motifs is 1. The molecule has 1 heterocycles. The number of hydroxylamine groups is 1. The number of nitrogens with zero attached hydrogens (tertiary/aromatic N) is 2. The minimum absolute atomic E-state index is 0.0806. The molecule has 1 amide bonds. The van der Waals surface area contributed by atoms with Gasteiger partial charge in [0, 0.05) is 23.8 Å². The van der Waals surface area contributed by atoms with Gasteiger partial charge in [0.1, 0.15) is 0 Å². The van der Waals surface area contributed by atoms with Crippen LogP contribution in [0.5, 0.6) is 0 Å². The monoisotopic (exact) mass is 440 g/mol. The first-order valence-electron chi connectivity index (χ1n) is 9.51. The van der Waals surface area contributed by atoms with Crippen molar-refractivity contribution >= 4 is 26.6 Å². The molecule has 1 saturated carbocycles. The number of amides is 1. The van der Waals surface area contributed by atoms with E-state index in [1.807, 2.05) is 0 Å². The van der Waals surface area contributed by atoms with Crippen LogP contribution in [0.15, 0.2) is 29.3 Å². The summed E-state index contributed by atoms with van der Waals surface area (Å²) in [5, 5.41) is 9.24. The van der Waals surface area contributed by atoms with Crippen molar-refractivity contribution in [2.24, 2.45) is 5.41 Å². The molecule has 0 spiro atoms. The van der Waals surface area contributed by atoms with Crippen LogP contribution in [0.3, 0.4) is 0 Å². The van der Waals surface area contributed by atoms with E-state index in [2.05, 4.69) is 35.6 Å². The Morgan fingerprint density at radius 2 is 2.10 bits per heavy atom. The fourth-order valence-corrected chi connectivity index (χ4v) is 3.70. The number of aryl methyl sites for hydroxylation is 1. The maximum atomic E-state index is 12.8. The van der Waals surface area contributed by atoms with Crippen LogP contribution in [-0.2, 0) is 21.2 Å². The lowest BCUT2D eigenvalue weighted by atomic mass is 10.1. The zero-order valence-corrected chi connectivity index (χ0v) is 18.0. The fourth-order valence-electron chi connectivity index (χ4n) is 2.86. The lowest BCUT2D eigenvalue weighted by Crippen LogP contribution is -2.50. The number of rotatable bonds is 5. The van der Waals surface area contributed by atoms with Crippen molar-refractivity contribution in [3.8, 4) is 23.7 Å². The van der Waals surface area contributed by atoms with E-state index in [9.17, 15) is 18.0 Å². The van der Waals surface area contributed by atoms with E-state index in [0.717, 1.165) is 19.1 Å². The van der Waals surface area contributed by atoms with Gasteiger partial charge in [-0.05, 0) is 63.1 Å². The van der Waals surface area contributed by atoms with Crippen LogP contribution in [0.2, 0.25) is 0 Å². The van der Waals surface area contributed by atoms with E-state index >= 15 is 0 Å². The van der Waals surface area contributed by atoms with Crippen LogP contribution in [0, 0.1) is 36.0 Å². The molecule has 1 aromatic carbocycles. The first kappa shape index (κ1) is 22.5. The molecule has 1 aromatic heterocycles. The molecule has 1 atom stereocenters. The zero-order valence-electron chi connectivity index (χ0n) is 17.2. The first-order chi connectivity index (χ1) is 14.5. The molecule has 1 aliphatic carbocycles. The van der Waals surface area contributed by atoms with Gasteiger partial charge in [0.2, 0.25) is 0 Å². The highest BCUT2D eigenvalue weighted by molar-refractivity contribution is 7.92. The summed E-state index contributed by atoms with van der Waals surface area (Å²) in [4.78, 5) is 29.0. The van der Waals surface area contributed by atoms with Gasteiger partial charge < -0.3 is 0 Å². The van der Waals surface area contributed by atoms with Gasteiger partial charge in [-0.15, -0.1) is 0 Å². The molecule has 0 unspecified atom stereocenters. The predicted molar refractivity (Wildman–Crippen MR) is 115 cm³/mol. The number of hydrogen-bond donors (Lipinski definition) is 2. The van der Waals surface area contributed by atoms with Crippen LogP contribution < -0.4 is 11.0 Å². The number of benzene rings is 1. The van der Waals surface area contributed by atoms with Crippen LogP contribution in [0.1, 0.15) is 31.7 Å². The quantitative estimate of drug-likeness (QED) is 0.408. The summed E-state index contributed by atoms with van der Waals surface area (Å²) in [6.45, 7) is 5.10. The van der Waals surface area contributed by atoms with Crippen molar-refractivity contribution in [3.05, 3.63) is 47.4 Å². The Morgan fingerprint density at radius 3 is 2.71 bits per heavy atom. The van der Waals surface area contributed by atoms with E-state index < -0.39 is 20.5 Å². The van der Waals surface area contributed by atoms with Gasteiger partial charge in [-0.1, -0.05) is 11.8 Å². The van der Waals surface area contributed by atoms with Crippen molar-refractivity contribution in [1.82, 2.24) is 15.0 Å². The summed E-state index contributed by atoms with van der Waals surface area (Å²) in [7, 11) is -3.86. The first-order valence-corrected chi connectivity index (χ1v) is 11.4. The Hall–Kier alpha value is -3.14. The lowest BCUT2D eigenvalue weighted by Gasteiger charge is -2.25. The second-order valence-corrected chi connectivity index (χ2v) is 10.4. The maximum Gasteiger partial charge on any atom is 0.264 e. The minimum Gasteiger partial charge on any atom is -0.299 e. The molecule has 0 aliphatic heterocycles. The standard InChI is InChI=1S/C22H22N3O5S/c1-21(10-11-21)9-5-4-6-16-7-8-17-18(14-16)23-15-25(19(17)26)13-12-22(2,20(27)24-28)31(3,29)30/h7-8,14-15,28H,1,10-13H2,2-3H3,(H,24,27)/t22-/m1/s1. The van der Waals surface area contributed by atoms with Crippen LogP contribution >= 0.6 is 0 Å². The number of carbonyl (C=O) groups is 1. The molecule has 2 aromatic rings. The van der Waals surface area contributed by atoms with E-state index in [1.165, 1.54) is 23.3 Å². The second kappa shape index (κ2) is 8.18. The molecule has 1 radical (unpaired) electrons. The molecule has 31 heavy (non-hydrogen) atoms. The van der Waals surface area contributed by atoms with Crippen LogP contribution in [-0.4, -0.2) is 40.1 Å². The Morgan fingerprint density at radius 1 is 1.39 bits per heavy atom. The zero-order chi connectivity index (χ0) is 22.9. The molecule has 2 N–H and O–H groups in total. The van der Waals surface area contributed by atoms with Crippen molar-refractivity contribution in [1.29, 1.82) is 0 Å². The molecule has 0 bridgehead atoms. The largest absolute Gasteiger partial charge is 0.299 e. The highest BCUT2D eigenvalue weighted by atomic mass is 32.2. The van der Waals surface area contributed by atoms with Crippen molar-refractivity contribution < 1.29 is 18.4 Å². The predicted octanol–water partition coefficient (Wildman–Crippen LogP) is 1.06. The van der Waals surface area contributed by atoms with E-state index in [1.54, 1.807) is 18.2 Å². The SMILES string of the molecule is [CH2]C1(C#CC#Cc2ccc3c(=O)n(CC[C@](C)(C(=O)NO)S(C)(=O)=O)cnc3c2)CC1. The Bertz CT molecular complexity index is 1330. The van der Waals surface area contributed by atoms with E-state index in [0.29, 0.717) is 16.5 Å². The van der Waals surface area contributed by atoms with Gasteiger partial charge in [-0.25, -0.2) is 18.9 Å². The van der Waals surface area contributed by atoms with Crippen LogP contribution in [0.25, 0.3) is 10.9 Å². The average molecular weight is 441 g/mol. The Kier molecular flexibility index (Phi) is 5.95. The van der Waals surface area contributed by atoms with Gasteiger partial charge in [-0.2, -0.15) is 0 Å². The second-order valence-electron chi connectivity index (χ2n) is 7.95. The normalized spacial score (nSPS) is 16.3. The van der Waals surface area contributed by atoms with Gasteiger partial charge in [0.15, 0.2) is 14.6 Å². The number of aromatic nitrogens is 2. The van der Waals surface area contributed by atoms with Crippen molar-refractivity contribution in [3.63, 3.8) is 0 Å². The van der Waals surface area contributed by atoms with Gasteiger partial charge >= 0.3 is 0 Å². The van der Waals surface area contributed by atoms with Gasteiger partial charge in [-0.3, -0.25) is 19.4 Å². The van der Waals surface area contributed by atoms with E-state index in [4.69, 9.17) is 5.21 Å². The summed E-state index contributed by atoms with van der Waals surface area (Å²) >= 11 is 0. The van der Waals surface area contributed by atoms with Gasteiger partial charge in [0.05, 0.1) is 17.2 Å². The van der Waals surface area contributed by atoms with Crippen LogP contribution in [0.4, 0.5) is 0 Å². The lowest BCUT2D eigenvalue weighted by molar-refractivity contribution is -0.131. The molecule has 0 saturated heterocycles. The third-order valence-corrected chi connectivity index (χ3v) is 7.53. The number of hydrogen-bond acceptors (Lipinski definition) is 6. The molecule has 161 valence electrons. The Balaban J connectivity index is 1.84. The fraction of sp³-hybridized carbons (Fsp3) is 0.364. The summed E-state index contributed by atoms with van der Waals surface area (Å²) in [6.07, 6.45) is 3.95. The maximum absolute atomic E-state index is 12.8. The molecular weight excluding hydrogens is 418 g/mol. The summed E-state index contributed by atoms with van der Waals surface area (Å²) in [6, 6.07) is 4.95. The molecular formula is C22H22N3O5S. The van der Waals surface area contributed by atoms with Crippen molar-refractivity contribution in [2.75, 3.05) is 6.26 Å². The molecule has 9 heteroatoms. The highest BCUT2D eigenvalue weighted by Crippen LogP contribution is 2.43. The smallest absolute Gasteiger partial charge is 0.264 e. The van der Waals surface area contributed by atoms with Gasteiger partial charge in [0.25, 0.3) is 11.5 Å². The summed E-state index contributed by atoms with van der Waals surface area (Å²) in [5.74, 6) is 10.5. The molecule has 1 fully saturated rings. The topological polar surface area (TPSA) is 118 Å². The highest BCUT2D eigenvalue weighted by Gasteiger charge is 2.43. The number of nitrogens with one attached hydrogen (secondary N) is 1. The van der Waals surface area contributed by atoms with Crippen molar-refractivity contribution in [2.45, 2.75) is 37.5 Å². The third-order valence-electron chi connectivity index (χ3n) is 5.51. The summed E-state index contributed by atoms with van der Waals surface area (Å²) in [5.41, 5.74) is 1.96. The third kappa shape index (κ3) is 4.79. The molecule has 1 aliphatic rings. The number of sulfone groups is 1. The Labute approximate surface area is 180 Å². The molecule has 8 nitrogen and oxygen atoms in total. The minimum atomic E-state index is -3.86. The number of carbonyl (C=O) groups excluding carboxylic acids is 1. The average Bonchev–Trinajstić information content (AvgIpc) is 3.46. The molecule has 3 rings (SSSR count). The van der Waals surface area contributed by atoms with E-state index in [-0.39, 0.29) is 23.9 Å². The summed E-state index contributed by atoms with van der Waals surface area (Å²) < 4.78 is 23.5.